The van der Waals surface area contributed by atoms with Crippen LogP contribution in [-0.2, 0) is 30.9 Å². The van der Waals surface area contributed by atoms with E-state index in [1.54, 1.807) is 4.89 Å². The van der Waals surface area contributed by atoms with Crippen LogP contribution < -0.4 is 10.2 Å². The number of hydrogen-bond acceptors (Lipinski definition) is 5. The van der Waals surface area contributed by atoms with Crippen LogP contribution in [0.4, 0.5) is 5.69 Å². The zero-order chi connectivity index (χ0) is 15.5. The maximum Gasteiger partial charge on any atom is 0.331 e. The third-order valence-electron chi connectivity index (χ3n) is 2.88. The summed E-state index contributed by atoms with van der Waals surface area (Å²) in [5, 5.41) is 11.1. The van der Waals surface area contributed by atoms with Crippen LogP contribution in [0.1, 0.15) is 18.4 Å². The summed E-state index contributed by atoms with van der Waals surface area (Å²) in [5.74, 6) is -1.39. The second-order valence-corrected chi connectivity index (χ2v) is 6.13. The van der Waals surface area contributed by atoms with Gasteiger partial charge in [0.1, 0.15) is 0 Å². The molecule has 3 N–H and O–H groups in total. The van der Waals surface area contributed by atoms with Crippen LogP contribution in [0, 0.1) is 0 Å². The lowest BCUT2D eigenvalue weighted by Crippen LogP contribution is -2.27. The minimum Gasteiger partial charge on any atom is -0.479 e. The third-order valence-corrected chi connectivity index (χ3v) is 4.09. The molecule has 2 rings (SSSR count). The second-order valence-electron chi connectivity index (χ2n) is 4.49. The van der Waals surface area contributed by atoms with Crippen molar-refractivity contribution in [3.63, 3.8) is 0 Å². The number of nitrogens with one attached hydrogen (secondary N) is 2. The fourth-order valence-corrected chi connectivity index (χ4v) is 2.79. The number of carbonyl (C=O) groups excluding carboxylic acids is 1. The molecule has 0 bridgehead atoms. The van der Waals surface area contributed by atoms with Gasteiger partial charge in [0.25, 0.3) is 10.0 Å². The van der Waals surface area contributed by atoms with Crippen LogP contribution in [-0.4, -0.2) is 32.0 Å². The van der Waals surface area contributed by atoms with Gasteiger partial charge in [-0.25, -0.2) is 13.2 Å². The Morgan fingerprint density at radius 1 is 1.38 bits per heavy atom. The molecule has 0 spiro atoms. The zero-order valence-corrected chi connectivity index (χ0v) is 11.8. The standard InChI is InChI=1S/C12H14N2O6S/c15-11-3-1-2-8-6-9(4-5-10(8)13-11)21(18,19)14-20-7-12(16)17/h4-6,14H,1-3,7H2,(H,13,15)(H,16,17). The first-order valence-electron chi connectivity index (χ1n) is 6.16. The molecule has 8 nitrogen and oxygen atoms in total. The maximum atomic E-state index is 11.9. The highest BCUT2D eigenvalue weighted by atomic mass is 32.2. The second kappa shape index (κ2) is 6.20. The maximum absolute atomic E-state index is 11.9. The first-order chi connectivity index (χ1) is 9.88. The Hall–Kier alpha value is -1.97. The zero-order valence-electron chi connectivity index (χ0n) is 11.0. The van der Waals surface area contributed by atoms with Gasteiger partial charge in [0.2, 0.25) is 5.91 Å². The molecule has 0 radical (unpaired) electrons. The van der Waals surface area contributed by atoms with E-state index >= 15 is 0 Å². The molecular formula is C12H14N2O6S. The predicted octanol–water partition coefficient (Wildman–Crippen LogP) is 0.256. The molecule has 0 fully saturated rings. The Bertz CT molecular complexity index is 670. The van der Waals surface area contributed by atoms with Crippen LogP contribution in [0.15, 0.2) is 23.1 Å². The first-order valence-corrected chi connectivity index (χ1v) is 7.65. The Morgan fingerprint density at radius 2 is 2.14 bits per heavy atom. The topological polar surface area (TPSA) is 122 Å². The Labute approximate surface area is 121 Å². The number of aliphatic carboxylic acids is 1. The van der Waals surface area contributed by atoms with Crippen molar-refractivity contribution < 1.29 is 28.0 Å². The van der Waals surface area contributed by atoms with E-state index in [1.807, 2.05) is 0 Å². The van der Waals surface area contributed by atoms with Crippen molar-refractivity contribution in [1.82, 2.24) is 4.89 Å². The highest BCUT2D eigenvalue weighted by molar-refractivity contribution is 7.89. The van der Waals surface area contributed by atoms with E-state index in [-0.39, 0.29) is 10.8 Å². The van der Waals surface area contributed by atoms with E-state index in [4.69, 9.17) is 5.11 Å². The monoisotopic (exact) mass is 314 g/mol. The van der Waals surface area contributed by atoms with Gasteiger partial charge < -0.3 is 10.4 Å². The molecule has 1 aromatic carbocycles. The highest BCUT2D eigenvalue weighted by Crippen LogP contribution is 2.25. The molecule has 9 heteroatoms. The number of aryl methyl sites for hydroxylation is 1. The summed E-state index contributed by atoms with van der Waals surface area (Å²) in [4.78, 5) is 27.8. The summed E-state index contributed by atoms with van der Waals surface area (Å²) in [6, 6.07) is 4.26. The molecule has 0 aromatic heterocycles. The van der Waals surface area contributed by atoms with Gasteiger partial charge in [-0.3, -0.25) is 9.63 Å². The van der Waals surface area contributed by atoms with E-state index in [9.17, 15) is 18.0 Å². The molecule has 0 aliphatic carbocycles. The summed E-state index contributed by atoms with van der Waals surface area (Å²) >= 11 is 0. The minimum absolute atomic E-state index is 0.0530. The number of anilines is 1. The number of rotatable bonds is 5. The number of hydrogen-bond donors (Lipinski definition) is 3. The van der Waals surface area contributed by atoms with Crippen molar-refractivity contribution in [2.45, 2.75) is 24.2 Å². The predicted molar refractivity (Wildman–Crippen MR) is 71.9 cm³/mol. The van der Waals surface area contributed by atoms with Crippen LogP contribution in [0.3, 0.4) is 0 Å². The minimum atomic E-state index is -3.96. The van der Waals surface area contributed by atoms with Crippen LogP contribution >= 0.6 is 0 Å². The lowest BCUT2D eigenvalue weighted by Gasteiger charge is -2.10. The summed E-state index contributed by atoms with van der Waals surface area (Å²) < 4.78 is 23.9. The van der Waals surface area contributed by atoms with Crippen molar-refractivity contribution >= 4 is 27.6 Å². The fraction of sp³-hybridized carbons (Fsp3) is 0.333. The Morgan fingerprint density at radius 3 is 2.86 bits per heavy atom. The number of carboxylic acids is 1. The van der Waals surface area contributed by atoms with Gasteiger partial charge >= 0.3 is 5.97 Å². The van der Waals surface area contributed by atoms with Crippen LogP contribution in [0.5, 0.6) is 0 Å². The van der Waals surface area contributed by atoms with Crippen LogP contribution in [0.2, 0.25) is 0 Å². The van der Waals surface area contributed by atoms with Crippen LogP contribution in [0.25, 0.3) is 0 Å². The summed E-state index contributed by atoms with van der Waals surface area (Å²) in [6.45, 7) is -0.778. The molecule has 0 unspecified atom stereocenters. The molecule has 0 saturated carbocycles. The number of carboxylic acid groups (broad SMARTS) is 1. The van der Waals surface area contributed by atoms with Crippen molar-refractivity contribution in [1.29, 1.82) is 0 Å². The average molecular weight is 314 g/mol. The van der Waals surface area contributed by atoms with Crippen molar-refractivity contribution in [3.8, 4) is 0 Å². The van der Waals surface area contributed by atoms with Crippen molar-refractivity contribution in [2.24, 2.45) is 0 Å². The van der Waals surface area contributed by atoms with Gasteiger partial charge in [-0.15, -0.1) is 0 Å². The third kappa shape index (κ3) is 4.00. The van der Waals surface area contributed by atoms with E-state index in [1.165, 1.54) is 18.2 Å². The summed E-state index contributed by atoms with van der Waals surface area (Å²) in [5.41, 5.74) is 1.30. The average Bonchev–Trinajstić information content (AvgIpc) is 2.57. The molecule has 0 saturated heterocycles. The molecule has 0 atom stereocenters. The SMILES string of the molecule is O=C(O)CONS(=O)(=O)c1ccc2c(c1)CCCC(=O)N2. The summed E-state index contributed by atoms with van der Waals surface area (Å²) in [6.07, 6.45) is 1.59. The van der Waals surface area contributed by atoms with Gasteiger partial charge in [-0.2, -0.15) is 0 Å². The van der Waals surface area contributed by atoms with Crippen molar-refractivity contribution in [2.75, 3.05) is 11.9 Å². The molecule has 1 aliphatic heterocycles. The Balaban J connectivity index is 2.19. The highest BCUT2D eigenvalue weighted by Gasteiger charge is 2.19. The van der Waals surface area contributed by atoms with E-state index in [2.05, 4.69) is 10.2 Å². The smallest absolute Gasteiger partial charge is 0.331 e. The lowest BCUT2D eigenvalue weighted by atomic mass is 10.1. The van der Waals surface area contributed by atoms with Gasteiger partial charge in [-0.05, 0) is 36.6 Å². The molecule has 21 heavy (non-hydrogen) atoms. The lowest BCUT2D eigenvalue weighted by molar-refractivity contribution is -0.143. The number of fused-ring (bicyclic) bond motifs is 1. The normalized spacial score (nSPS) is 15.0. The van der Waals surface area contributed by atoms with E-state index in [0.717, 1.165) is 0 Å². The number of sulfonamides is 1. The molecule has 1 heterocycles. The largest absolute Gasteiger partial charge is 0.479 e. The molecule has 1 aliphatic rings. The summed E-state index contributed by atoms with van der Waals surface area (Å²) in [7, 11) is -3.96. The van der Waals surface area contributed by atoms with E-state index in [0.29, 0.717) is 30.5 Å². The Kier molecular flexibility index (Phi) is 4.56. The number of carbonyl (C=O) groups is 2. The van der Waals surface area contributed by atoms with Gasteiger partial charge in [0, 0.05) is 12.1 Å². The molecular weight excluding hydrogens is 300 g/mol. The number of amides is 1. The quantitative estimate of drug-likeness (QED) is 0.670. The molecule has 1 aromatic rings. The van der Waals surface area contributed by atoms with E-state index < -0.39 is 22.6 Å². The molecule has 114 valence electrons. The fourth-order valence-electron chi connectivity index (χ4n) is 1.94. The molecule has 1 amide bonds. The first kappa shape index (κ1) is 15.4. The van der Waals surface area contributed by atoms with Gasteiger partial charge in [0.15, 0.2) is 6.61 Å². The number of benzene rings is 1. The van der Waals surface area contributed by atoms with Gasteiger partial charge in [0.05, 0.1) is 4.90 Å². The van der Waals surface area contributed by atoms with Gasteiger partial charge in [-0.1, -0.05) is 4.89 Å². The van der Waals surface area contributed by atoms with Crippen molar-refractivity contribution in [3.05, 3.63) is 23.8 Å².